The number of nitrogens with zero attached hydrogens (tertiary/aromatic N) is 2. The molecule has 0 unspecified atom stereocenters. The number of rotatable bonds is 0. The summed E-state index contributed by atoms with van der Waals surface area (Å²) in [6, 6.07) is 24.7. The first-order chi connectivity index (χ1) is 11.4. The first-order valence-corrected chi connectivity index (χ1v) is 7.75. The average molecular weight is 484 g/mol. The molecule has 0 spiro atoms. The van der Waals surface area contributed by atoms with Crippen LogP contribution in [0.15, 0.2) is 66.9 Å². The van der Waals surface area contributed by atoms with Gasteiger partial charge in [-0.1, -0.05) is 64.0 Å². The standard InChI is InChI=1S/C21H11N2.Ir/c1-2-7-18-17(6-1)22-21-16-11-10-14-5-3-4-13-8-9-15(12-23(18)21)20(16)19(13)14;/h1-10,12H;/q-1;. The Balaban J connectivity index is 0.00000131. The molecule has 0 saturated carbocycles. The summed E-state index contributed by atoms with van der Waals surface area (Å²) >= 11 is 0. The van der Waals surface area contributed by atoms with E-state index in [0.29, 0.717) is 0 Å². The van der Waals surface area contributed by atoms with Gasteiger partial charge in [-0.2, -0.15) is 0 Å². The molecule has 0 atom stereocenters. The van der Waals surface area contributed by atoms with E-state index in [1.54, 1.807) is 0 Å². The summed E-state index contributed by atoms with van der Waals surface area (Å²) in [5, 5.41) is 7.42. The van der Waals surface area contributed by atoms with Gasteiger partial charge in [-0.3, -0.25) is 4.98 Å². The second-order valence-electron chi connectivity index (χ2n) is 6.06. The normalized spacial score (nSPS) is 11.8. The molecular weight excluding hydrogens is 472 g/mol. The van der Waals surface area contributed by atoms with Crippen molar-refractivity contribution in [2.24, 2.45) is 0 Å². The second kappa shape index (κ2) is 4.76. The topological polar surface area (TPSA) is 17.3 Å². The zero-order valence-corrected chi connectivity index (χ0v) is 15.0. The smallest absolute Gasteiger partial charge is 0.0774 e. The van der Waals surface area contributed by atoms with Gasteiger partial charge in [-0.25, -0.2) is 0 Å². The van der Waals surface area contributed by atoms with Gasteiger partial charge >= 0.3 is 0 Å². The summed E-state index contributed by atoms with van der Waals surface area (Å²) < 4.78 is 2.19. The number of benzene rings is 4. The van der Waals surface area contributed by atoms with Crippen LogP contribution in [0.25, 0.3) is 49.0 Å². The summed E-state index contributed by atoms with van der Waals surface area (Å²) in [5.41, 5.74) is 3.15. The third-order valence-corrected chi connectivity index (χ3v) is 4.82. The third kappa shape index (κ3) is 1.61. The molecule has 2 nitrogen and oxygen atoms in total. The van der Waals surface area contributed by atoms with Gasteiger partial charge in [-0.15, -0.1) is 12.1 Å². The van der Waals surface area contributed by atoms with Crippen molar-refractivity contribution in [3.8, 4) is 0 Å². The molecule has 0 N–H and O–H groups in total. The predicted molar refractivity (Wildman–Crippen MR) is 95.2 cm³/mol. The minimum absolute atomic E-state index is 0. The van der Waals surface area contributed by atoms with Crippen LogP contribution >= 0.6 is 0 Å². The van der Waals surface area contributed by atoms with Gasteiger partial charge < -0.3 is 4.40 Å². The number of imidazole rings is 1. The van der Waals surface area contributed by atoms with E-state index in [1.807, 2.05) is 6.07 Å². The molecule has 0 saturated heterocycles. The molecule has 3 heteroatoms. The minimum Gasteiger partial charge on any atom is -0.340 e. The van der Waals surface area contributed by atoms with E-state index in [1.165, 1.54) is 26.9 Å². The SMILES string of the molecule is [Ir].[c-]1cc2cccc3ccc4cn5c6ccccc6nc5c1c4c23. The van der Waals surface area contributed by atoms with E-state index in [2.05, 4.69) is 71.3 Å². The van der Waals surface area contributed by atoms with E-state index in [0.717, 1.165) is 22.1 Å². The van der Waals surface area contributed by atoms with E-state index in [-0.39, 0.29) is 20.1 Å². The summed E-state index contributed by atoms with van der Waals surface area (Å²) in [7, 11) is 0. The maximum atomic E-state index is 4.85. The number of fused-ring (bicyclic) bond motifs is 4. The largest absolute Gasteiger partial charge is 0.340 e. The zero-order chi connectivity index (χ0) is 15.0. The van der Waals surface area contributed by atoms with Crippen molar-refractivity contribution in [3.05, 3.63) is 72.9 Å². The van der Waals surface area contributed by atoms with Crippen LogP contribution in [0.1, 0.15) is 0 Å². The molecule has 2 aromatic heterocycles. The molecule has 4 aromatic carbocycles. The molecule has 2 heterocycles. The van der Waals surface area contributed by atoms with Crippen LogP contribution in [0, 0.1) is 6.07 Å². The van der Waals surface area contributed by atoms with Gasteiger partial charge in [0.2, 0.25) is 0 Å². The van der Waals surface area contributed by atoms with Gasteiger partial charge in [0.05, 0.1) is 16.7 Å². The molecule has 6 aromatic rings. The van der Waals surface area contributed by atoms with Crippen LogP contribution in [0.4, 0.5) is 0 Å². The quantitative estimate of drug-likeness (QED) is 0.215. The number of pyridine rings is 1. The summed E-state index contributed by atoms with van der Waals surface area (Å²) in [5.74, 6) is 0. The van der Waals surface area contributed by atoms with E-state index in [9.17, 15) is 0 Å². The van der Waals surface area contributed by atoms with Gasteiger partial charge in [-0.05, 0) is 29.1 Å². The Morgan fingerprint density at radius 2 is 1.62 bits per heavy atom. The molecule has 0 amide bonds. The Kier molecular flexibility index (Phi) is 2.76. The maximum absolute atomic E-state index is 4.85. The van der Waals surface area contributed by atoms with Crippen molar-refractivity contribution in [3.63, 3.8) is 0 Å². The van der Waals surface area contributed by atoms with E-state index < -0.39 is 0 Å². The molecule has 0 aliphatic carbocycles. The number of para-hydroxylation sites is 2. The van der Waals surface area contributed by atoms with Crippen molar-refractivity contribution in [2.75, 3.05) is 0 Å². The molecule has 0 aliphatic heterocycles. The van der Waals surface area contributed by atoms with Crippen molar-refractivity contribution in [1.82, 2.24) is 9.38 Å². The predicted octanol–water partition coefficient (Wildman–Crippen LogP) is 5.18. The average Bonchev–Trinajstić information content (AvgIpc) is 2.98. The van der Waals surface area contributed by atoms with Crippen molar-refractivity contribution < 1.29 is 20.1 Å². The number of hydrogen-bond acceptors (Lipinski definition) is 1. The van der Waals surface area contributed by atoms with Crippen LogP contribution in [0.2, 0.25) is 0 Å². The van der Waals surface area contributed by atoms with Crippen molar-refractivity contribution in [2.45, 2.75) is 0 Å². The summed E-state index contributed by atoms with van der Waals surface area (Å²) in [6.45, 7) is 0. The van der Waals surface area contributed by atoms with Crippen LogP contribution < -0.4 is 0 Å². The molecule has 0 fully saturated rings. The number of aromatic nitrogens is 2. The third-order valence-electron chi connectivity index (χ3n) is 4.82. The Hall–Kier alpha value is -2.48. The van der Waals surface area contributed by atoms with Gasteiger partial charge in [0.25, 0.3) is 0 Å². The summed E-state index contributed by atoms with van der Waals surface area (Å²) in [4.78, 5) is 4.85. The Morgan fingerprint density at radius 3 is 2.58 bits per heavy atom. The van der Waals surface area contributed by atoms with Crippen molar-refractivity contribution in [1.29, 1.82) is 0 Å². The fraction of sp³-hybridized carbons (Fsp3) is 0. The van der Waals surface area contributed by atoms with Crippen LogP contribution in [0.5, 0.6) is 0 Å². The fourth-order valence-electron chi connectivity index (χ4n) is 3.81. The Morgan fingerprint density at radius 1 is 0.792 bits per heavy atom. The molecule has 24 heavy (non-hydrogen) atoms. The number of hydrogen-bond donors (Lipinski definition) is 0. The first kappa shape index (κ1) is 13.9. The van der Waals surface area contributed by atoms with Crippen LogP contribution in [-0.4, -0.2) is 9.38 Å². The molecular formula is C21H11IrN2-. The maximum Gasteiger partial charge on any atom is 0.0774 e. The van der Waals surface area contributed by atoms with Crippen LogP contribution in [-0.2, 0) is 20.1 Å². The molecule has 115 valence electrons. The van der Waals surface area contributed by atoms with Crippen LogP contribution in [0.3, 0.4) is 0 Å². The zero-order valence-electron chi connectivity index (χ0n) is 12.6. The first-order valence-electron chi connectivity index (χ1n) is 7.75. The fourth-order valence-corrected chi connectivity index (χ4v) is 3.81. The monoisotopic (exact) mass is 484 g/mol. The Bertz CT molecular complexity index is 1350. The van der Waals surface area contributed by atoms with E-state index >= 15 is 0 Å². The minimum atomic E-state index is 0. The van der Waals surface area contributed by atoms with Gasteiger partial charge in [0.15, 0.2) is 0 Å². The second-order valence-corrected chi connectivity index (χ2v) is 6.06. The molecule has 6 rings (SSSR count). The summed E-state index contributed by atoms with van der Waals surface area (Å²) in [6.07, 6.45) is 2.20. The van der Waals surface area contributed by atoms with Gasteiger partial charge in [0, 0.05) is 20.1 Å². The van der Waals surface area contributed by atoms with E-state index in [4.69, 9.17) is 4.98 Å². The molecule has 1 radical (unpaired) electrons. The molecule has 0 aliphatic rings. The Labute approximate surface area is 151 Å². The molecule has 0 bridgehead atoms. The van der Waals surface area contributed by atoms with Gasteiger partial charge in [0.1, 0.15) is 0 Å². The van der Waals surface area contributed by atoms with Crippen molar-refractivity contribution >= 4 is 49.0 Å².